The van der Waals surface area contributed by atoms with Crippen molar-refractivity contribution < 1.29 is 4.39 Å². The van der Waals surface area contributed by atoms with Crippen molar-refractivity contribution in [3.05, 3.63) is 51.8 Å². The molecule has 5 unspecified atom stereocenters. The molecule has 6 heteroatoms. The van der Waals surface area contributed by atoms with Gasteiger partial charge in [-0.3, -0.25) is 0 Å². The minimum Gasteiger partial charge on any atom is -0.353 e. The maximum absolute atomic E-state index is 16.9. The minimum atomic E-state index is -0.128. The van der Waals surface area contributed by atoms with Gasteiger partial charge in [0, 0.05) is 61.6 Å². The van der Waals surface area contributed by atoms with Gasteiger partial charge in [0.2, 0.25) is 0 Å². The molecule has 3 saturated heterocycles. The Morgan fingerprint density at radius 3 is 2.47 bits per heavy atom. The van der Waals surface area contributed by atoms with Crippen LogP contribution in [-0.2, 0) is 6.42 Å². The van der Waals surface area contributed by atoms with Crippen LogP contribution >= 0.6 is 0 Å². The molecule has 6 aliphatic rings. The van der Waals surface area contributed by atoms with Crippen LogP contribution in [0, 0.1) is 53.8 Å². The van der Waals surface area contributed by atoms with Crippen LogP contribution in [0.25, 0.3) is 11.9 Å². The summed E-state index contributed by atoms with van der Waals surface area (Å²) in [5, 5.41) is 5.12. The number of nitrogens with zero attached hydrogens (tertiary/aromatic N) is 4. The minimum absolute atomic E-state index is 0.0131. The van der Waals surface area contributed by atoms with E-state index in [1.807, 2.05) is 13.0 Å². The van der Waals surface area contributed by atoms with Crippen LogP contribution in [0.1, 0.15) is 97.7 Å². The van der Waals surface area contributed by atoms with Gasteiger partial charge in [-0.05, 0) is 108 Å². The van der Waals surface area contributed by atoms with E-state index < -0.39 is 0 Å². The predicted molar refractivity (Wildman–Crippen MR) is 202 cm³/mol. The number of nitrogens with one attached hydrogen (secondary N) is 1. The molecule has 1 aromatic rings. The Bertz CT molecular complexity index is 1630. The first-order valence-corrected chi connectivity index (χ1v) is 19.1. The summed E-state index contributed by atoms with van der Waals surface area (Å²) in [5.74, 6) is 8.04. The van der Waals surface area contributed by atoms with Gasteiger partial charge < -0.3 is 15.1 Å². The number of hydrogen-bond acceptors (Lipinski definition) is 5. The van der Waals surface area contributed by atoms with E-state index in [4.69, 9.17) is 16.4 Å². The number of aryl methyl sites for hydroxylation is 1. The largest absolute Gasteiger partial charge is 0.353 e. The molecule has 0 radical (unpaired) electrons. The molecule has 7 rings (SSSR count). The molecule has 0 amide bonds. The molecular weight excluding hydrogens is 606 g/mol. The molecule has 1 N–H and O–H groups in total. The second kappa shape index (κ2) is 15.8. The number of piperidine rings is 1. The van der Waals surface area contributed by atoms with E-state index in [1.165, 1.54) is 75.7 Å². The zero-order valence-electron chi connectivity index (χ0n) is 30.5. The average Bonchev–Trinajstić information content (AvgIpc) is 3.80. The number of rotatable bonds is 9. The summed E-state index contributed by atoms with van der Waals surface area (Å²) < 4.78 is 16.9. The number of likely N-dealkylation sites (tertiary alicyclic amines) is 1. The van der Waals surface area contributed by atoms with E-state index in [1.54, 1.807) is 6.92 Å². The Labute approximate surface area is 295 Å². The van der Waals surface area contributed by atoms with Gasteiger partial charge in [0.05, 0.1) is 0 Å². The zero-order valence-corrected chi connectivity index (χ0v) is 30.5. The fraction of sp³-hybridized carbons (Fsp3) is 0.628. The molecule has 5 atom stereocenters. The van der Waals surface area contributed by atoms with Crippen LogP contribution in [0.4, 0.5) is 10.2 Å². The summed E-state index contributed by atoms with van der Waals surface area (Å²) in [4.78, 5) is 15.5. The SMILES string of the molecule is C#CC.C#CC1CC=CC2=CC(C)=CC(C/C(F)=c3/nc(CCC4(CN5CCC(CC)CC5)CC4)nc(N4CC5CCC(C4)N5)/c3=C/C)C21. The standard InChI is InChI=1S/C40H54FN5.C3H4/c1-5-28-14-19-45(20-15-28)26-40(17-18-40)16-13-36-43-38(34(7-3)39(44-36)46-24-32-11-12-33(25-46)42-32)35(41)23-31-22-27(4)21-30-10-8-9-29(6-2)37(30)31;1-3-2/h2,7-8,10,21-22,28-29,31-33,37,42H,5,9,11-20,23-26H2,1,3-4H3;1H,2H3/b34-7+,38-35-;. The zero-order chi connectivity index (χ0) is 34.5. The van der Waals surface area contributed by atoms with Crippen LogP contribution in [0.2, 0.25) is 0 Å². The van der Waals surface area contributed by atoms with Gasteiger partial charge >= 0.3 is 0 Å². The lowest BCUT2D eigenvalue weighted by Crippen LogP contribution is -2.54. The first-order valence-electron chi connectivity index (χ1n) is 19.1. The normalized spacial score (nSPS) is 29.9. The maximum atomic E-state index is 16.9. The van der Waals surface area contributed by atoms with Gasteiger partial charge in [-0.25, -0.2) is 14.4 Å². The maximum Gasteiger partial charge on any atom is 0.140 e. The third kappa shape index (κ3) is 8.24. The van der Waals surface area contributed by atoms with Crippen molar-refractivity contribution in [2.45, 2.75) is 110 Å². The van der Waals surface area contributed by atoms with Gasteiger partial charge in [-0.15, -0.1) is 24.7 Å². The van der Waals surface area contributed by atoms with Gasteiger partial charge in [0.1, 0.15) is 22.8 Å². The summed E-state index contributed by atoms with van der Waals surface area (Å²) in [5.41, 5.74) is 2.80. The number of fused-ring (bicyclic) bond motifs is 3. The molecule has 0 aromatic carbocycles. The van der Waals surface area contributed by atoms with Crippen molar-refractivity contribution in [1.82, 2.24) is 20.2 Å². The summed E-state index contributed by atoms with van der Waals surface area (Å²) >= 11 is 0. The Hall–Kier alpha value is -3.19. The van der Waals surface area contributed by atoms with Crippen molar-refractivity contribution in [3.8, 4) is 24.7 Å². The van der Waals surface area contributed by atoms with Crippen molar-refractivity contribution in [2.75, 3.05) is 37.6 Å². The molecule has 4 fully saturated rings. The van der Waals surface area contributed by atoms with Gasteiger partial charge in [0.15, 0.2) is 0 Å². The number of aromatic nitrogens is 2. The van der Waals surface area contributed by atoms with Crippen LogP contribution in [0.5, 0.6) is 0 Å². The number of halogens is 1. The topological polar surface area (TPSA) is 44.3 Å². The molecule has 3 aliphatic heterocycles. The van der Waals surface area contributed by atoms with E-state index in [9.17, 15) is 0 Å². The quantitative estimate of drug-likeness (QED) is 0.306. The predicted octanol–water partition coefficient (Wildman–Crippen LogP) is 6.49. The number of terminal acetylenes is 2. The number of piperazine rings is 1. The van der Waals surface area contributed by atoms with Gasteiger partial charge in [-0.1, -0.05) is 49.3 Å². The van der Waals surface area contributed by atoms with Crippen molar-refractivity contribution in [2.24, 2.45) is 29.1 Å². The van der Waals surface area contributed by atoms with E-state index in [-0.39, 0.29) is 23.6 Å². The highest BCUT2D eigenvalue weighted by Crippen LogP contribution is 2.50. The Balaban J connectivity index is 0.00000134. The van der Waals surface area contributed by atoms with E-state index in [2.05, 4.69) is 71.5 Å². The van der Waals surface area contributed by atoms with Gasteiger partial charge in [0.25, 0.3) is 0 Å². The second-order valence-electron chi connectivity index (χ2n) is 15.7. The summed E-state index contributed by atoms with van der Waals surface area (Å²) in [6.07, 6.45) is 33.5. The highest BCUT2D eigenvalue weighted by Gasteiger charge is 2.44. The highest BCUT2D eigenvalue weighted by atomic mass is 19.1. The number of hydrogen-bond donors (Lipinski definition) is 1. The molecule has 4 heterocycles. The van der Waals surface area contributed by atoms with Crippen LogP contribution < -0.4 is 20.8 Å². The van der Waals surface area contributed by atoms with Gasteiger partial charge in [-0.2, -0.15) is 0 Å². The molecule has 5 nitrogen and oxygen atoms in total. The number of allylic oxidation sites excluding steroid dienone is 6. The summed E-state index contributed by atoms with van der Waals surface area (Å²) in [6, 6.07) is 0.956. The monoisotopic (exact) mass is 663 g/mol. The second-order valence-corrected chi connectivity index (χ2v) is 15.7. The van der Waals surface area contributed by atoms with Crippen LogP contribution in [0.15, 0.2) is 35.5 Å². The molecule has 2 bridgehead atoms. The first kappa shape index (κ1) is 35.6. The van der Waals surface area contributed by atoms with E-state index in [0.717, 1.165) is 55.1 Å². The average molecular weight is 664 g/mol. The fourth-order valence-corrected chi connectivity index (χ4v) is 9.31. The van der Waals surface area contributed by atoms with Crippen LogP contribution in [0.3, 0.4) is 0 Å². The summed E-state index contributed by atoms with van der Waals surface area (Å²) in [7, 11) is 0. The Morgan fingerprint density at radius 2 is 1.84 bits per heavy atom. The molecule has 1 saturated carbocycles. The number of anilines is 1. The third-order valence-electron chi connectivity index (χ3n) is 12.2. The Morgan fingerprint density at radius 1 is 1.12 bits per heavy atom. The smallest absolute Gasteiger partial charge is 0.140 e. The lowest BCUT2D eigenvalue weighted by Gasteiger charge is -2.35. The van der Waals surface area contributed by atoms with Crippen LogP contribution in [-0.4, -0.2) is 59.7 Å². The summed E-state index contributed by atoms with van der Waals surface area (Å²) in [6.45, 7) is 13.6. The fourth-order valence-electron chi connectivity index (χ4n) is 9.31. The molecule has 3 aliphatic carbocycles. The lowest BCUT2D eigenvalue weighted by molar-refractivity contribution is 0.148. The van der Waals surface area contributed by atoms with Crippen molar-refractivity contribution >= 4 is 17.7 Å². The van der Waals surface area contributed by atoms with Crippen molar-refractivity contribution in [1.29, 1.82) is 0 Å². The molecule has 49 heavy (non-hydrogen) atoms. The lowest BCUT2D eigenvalue weighted by atomic mass is 9.68. The molecular formula is C43H58FN5. The molecule has 1 aromatic heterocycles. The van der Waals surface area contributed by atoms with E-state index >= 15 is 4.39 Å². The Kier molecular flexibility index (Phi) is 11.5. The highest BCUT2D eigenvalue weighted by molar-refractivity contribution is 5.50. The van der Waals surface area contributed by atoms with Crippen molar-refractivity contribution in [3.63, 3.8) is 0 Å². The first-order chi connectivity index (χ1) is 23.8. The third-order valence-corrected chi connectivity index (χ3v) is 12.2. The molecule has 262 valence electrons. The van der Waals surface area contributed by atoms with E-state index in [0.29, 0.717) is 29.3 Å². The molecule has 0 spiro atoms.